The number of carbonyl (C=O) groups is 1. The lowest BCUT2D eigenvalue weighted by Gasteiger charge is -2.34. The van der Waals surface area contributed by atoms with Gasteiger partial charge in [-0.1, -0.05) is 29.5 Å². The second kappa shape index (κ2) is 6.10. The van der Waals surface area contributed by atoms with E-state index in [9.17, 15) is 4.79 Å². The Morgan fingerprint density at radius 3 is 2.65 bits per heavy atom. The summed E-state index contributed by atoms with van der Waals surface area (Å²) in [5, 5.41) is 5.31. The Hall–Kier alpha value is -2.93. The molecule has 130 valence electrons. The van der Waals surface area contributed by atoms with Gasteiger partial charge in [0.25, 0.3) is 5.91 Å². The normalized spacial score (nSPS) is 15.1. The van der Waals surface area contributed by atoms with E-state index in [-0.39, 0.29) is 5.91 Å². The number of thiazole rings is 1. The zero-order chi connectivity index (χ0) is 17.5. The number of pyridine rings is 1. The quantitative estimate of drug-likeness (QED) is 0.550. The van der Waals surface area contributed by atoms with Crippen LogP contribution in [-0.2, 0) is 0 Å². The summed E-state index contributed by atoms with van der Waals surface area (Å²) >= 11 is 1.71. The molecule has 1 aromatic carbocycles. The molecule has 1 amide bonds. The van der Waals surface area contributed by atoms with Crippen LogP contribution in [0.5, 0.6) is 0 Å². The average molecular weight is 363 g/mol. The van der Waals surface area contributed by atoms with E-state index in [1.54, 1.807) is 22.0 Å². The molecule has 26 heavy (non-hydrogen) atoms. The Morgan fingerprint density at radius 2 is 1.81 bits per heavy atom. The van der Waals surface area contributed by atoms with Gasteiger partial charge in [0.05, 0.1) is 21.9 Å². The third-order valence-corrected chi connectivity index (χ3v) is 5.86. The number of carbonyl (C=O) groups excluding carboxylic acids is 1. The van der Waals surface area contributed by atoms with E-state index in [2.05, 4.69) is 16.1 Å². The van der Waals surface area contributed by atoms with E-state index in [1.165, 1.54) is 4.70 Å². The minimum Gasteiger partial charge on any atom is -0.345 e. The topological polar surface area (TPSA) is 53.7 Å². The molecule has 0 N–H and O–H groups in total. The predicted octanol–water partition coefficient (Wildman–Crippen LogP) is 2.91. The smallest absolute Gasteiger partial charge is 0.272 e. The molecule has 0 spiro atoms. The van der Waals surface area contributed by atoms with Gasteiger partial charge in [-0.15, -0.1) is 0 Å². The highest BCUT2D eigenvalue weighted by molar-refractivity contribution is 7.22. The first-order chi connectivity index (χ1) is 12.8. The molecular weight excluding hydrogens is 346 g/mol. The molecule has 0 aliphatic carbocycles. The number of anilines is 1. The fraction of sp³-hybridized carbons (Fsp3) is 0.211. The van der Waals surface area contributed by atoms with Crippen LogP contribution in [0.1, 0.15) is 10.5 Å². The van der Waals surface area contributed by atoms with Crippen LogP contribution in [0.15, 0.2) is 54.7 Å². The summed E-state index contributed by atoms with van der Waals surface area (Å²) in [5.41, 5.74) is 2.58. The molecule has 0 atom stereocenters. The number of piperazine rings is 1. The number of fused-ring (bicyclic) bond motifs is 2. The van der Waals surface area contributed by atoms with E-state index in [0.717, 1.165) is 29.3 Å². The standard InChI is InChI=1S/C19H17N5OS/c25-18(16-6-3-4-14-8-9-20-24(14)16)22-10-12-23(13-11-22)19-21-15-5-1-2-7-17(15)26-19/h1-9H,10-13H2. The molecule has 0 unspecified atom stereocenters. The van der Waals surface area contributed by atoms with Crippen molar-refractivity contribution in [3.05, 3.63) is 60.4 Å². The number of hydrogen-bond acceptors (Lipinski definition) is 5. The molecule has 0 radical (unpaired) electrons. The van der Waals surface area contributed by atoms with Gasteiger partial charge >= 0.3 is 0 Å². The highest BCUT2D eigenvalue weighted by atomic mass is 32.1. The zero-order valence-corrected chi connectivity index (χ0v) is 14.9. The number of para-hydroxylation sites is 1. The minimum atomic E-state index is 0.0308. The first kappa shape index (κ1) is 15.3. The number of amides is 1. The second-order valence-electron chi connectivity index (χ2n) is 6.32. The van der Waals surface area contributed by atoms with Crippen LogP contribution in [-0.4, -0.2) is 51.6 Å². The van der Waals surface area contributed by atoms with E-state index < -0.39 is 0 Å². The molecule has 6 nitrogen and oxygen atoms in total. The zero-order valence-electron chi connectivity index (χ0n) is 14.1. The largest absolute Gasteiger partial charge is 0.345 e. The van der Waals surface area contributed by atoms with Crippen LogP contribution in [0.4, 0.5) is 5.13 Å². The highest BCUT2D eigenvalue weighted by Crippen LogP contribution is 2.29. The second-order valence-corrected chi connectivity index (χ2v) is 7.33. The van der Waals surface area contributed by atoms with Gasteiger partial charge in [-0.25, -0.2) is 9.50 Å². The Kier molecular flexibility index (Phi) is 3.60. The van der Waals surface area contributed by atoms with Crippen LogP contribution < -0.4 is 4.90 Å². The van der Waals surface area contributed by atoms with Crippen LogP contribution in [0.25, 0.3) is 15.7 Å². The van der Waals surface area contributed by atoms with Gasteiger partial charge < -0.3 is 9.80 Å². The summed E-state index contributed by atoms with van der Waals surface area (Å²) in [6.07, 6.45) is 1.72. The van der Waals surface area contributed by atoms with Crippen molar-refractivity contribution in [3.63, 3.8) is 0 Å². The Bertz CT molecular complexity index is 1060. The maximum absolute atomic E-state index is 12.9. The molecule has 1 aliphatic rings. The van der Waals surface area contributed by atoms with Crippen molar-refractivity contribution in [3.8, 4) is 0 Å². The average Bonchev–Trinajstić information content (AvgIpc) is 3.34. The van der Waals surface area contributed by atoms with E-state index in [4.69, 9.17) is 4.98 Å². The third-order valence-electron chi connectivity index (χ3n) is 4.76. The van der Waals surface area contributed by atoms with E-state index in [0.29, 0.717) is 18.8 Å². The van der Waals surface area contributed by atoms with Crippen molar-refractivity contribution >= 4 is 38.1 Å². The molecule has 5 rings (SSSR count). The molecule has 3 aromatic heterocycles. The van der Waals surface area contributed by atoms with Gasteiger partial charge in [0.1, 0.15) is 5.69 Å². The molecule has 0 saturated carbocycles. The lowest BCUT2D eigenvalue weighted by molar-refractivity contribution is 0.0738. The molecule has 4 heterocycles. The number of benzene rings is 1. The van der Waals surface area contributed by atoms with E-state index in [1.807, 2.05) is 47.4 Å². The van der Waals surface area contributed by atoms with Gasteiger partial charge in [0.15, 0.2) is 5.13 Å². The van der Waals surface area contributed by atoms with Crippen LogP contribution in [0.3, 0.4) is 0 Å². The third kappa shape index (κ3) is 2.52. The molecule has 1 aliphatic heterocycles. The van der Waals surface area contributed by atoms with E-state index >= 15 is 0 Å². The SMILES string of the molecule is O=C(c1cccc2ccnn12)N1CCN(c2nc3ccccc3s2)CC1. The van der Waals surface area contributed by atoms with Gasteiger partial charge in [-0.05, 0) is 30.3 Å². The summed E-state index contributed by atoms with van der Waals surface area (Å²) in [6, 6.07) is 15.8. The van der Waals surface area contributed by atoms with Crippen LogP contribution in [0.2, 0.25) is 0 Å². The summed E-state index contributed by atoms with van der Waals surface area (Å²) in [5.74, 6) is 0.0308. The summed E-state index contributed by atoms with van der Waals surface area (Å²) in [4.78, 5) is 21.8. The summed E-state index contributed by atoms with van der Waals surface area (Å²) < 4.78 is 2.91. The van der Waals surface area contributed by atoms with Crippen molar-refractivity contribution < 1.29 is 4.79 Å². The van der Waals surface area contributed by atoms with Crippen molar-refractivity contribution in [1.29, 1.82) is 0 Å². The van der Waals surface area contributed by atoms with Gasteiger partial charge in [-0.2, -0.15) is 5.10 Å². The number of nitrogens with zero attached hydrogens (tertiary/aromatic N) is 5. The fourth-order valence-corrected chi connectivity index (χ4v) is 4.39. The number of hydrogen-bond donors (Lipinski definition) is 0. The minimum absolute atomic E-state index is 0.0308. The Balaban J connectivity index is 1.33. The lowest BCUT2D eigenvalue weighted by Crippen LogP contribution is -2.49. The summed E-state index contributed by atoms with van der Waals surface area (Å²) in [6.45, 7) is 2.96. The first-order valence-electron chi connectivity index (χ1n) is 8.62. The molecule has 1 saturated heterocycles. The predicted molar refractivity (Wildman–Crippen MR) is 103 cm³/mol. The maximum atomic E-state index is 12.9. The van der Waals surface area contributed by atoms with Crippen molar-refractivity contribution in [2.45, 2.75) is 0 Å². The molecule has 4 aromatic rings. The first-order valence-corrected chi connectivity index (χ1v) is 9.44. The molecule has 7 heteroatoms. The molecule has 1 fully saturated rings. The molecule has 0 bridgehead atoms. The van der Waals surface area contributed by atoms with Crippen molar-refractivity contribution in [2.24, 2.45) is 0 Å². The van der Waals surface area contributed by atoms with Gasteiger partial charge in [0.2, 0.25) is 0 Å². The number of rotatable bonds is 2. The van der Waals surface area contributed by atoms with Crippen LogP contribution in [0, 0.1) is 0 Å². The Labute approximate surface area is 154 Å². The monoisotopic (exact) mass is 363 g/mol. The molecular formula is C19H17N5OS. The van der Waals surface area contributed by atoms with Gasteiger partial charge in [-0.3, -0.25) is 4.79 Å². The fourth-order valence-electron chi connectivity index (χ4n) is 3.37. The highest BCUT2D eigenvalue weighted by Gasteiger charge is 2.25. The van der Waals surface area contributed by atoms with Gasteiger partial charge in [0, 0.05) is 26.2 Å². The lowest BCUT2D eigenvalue weighted by atomic mass is 10.2. The number of aromatic nitrogens is 3. The summed E-state index contributed by atoms with van der Waals surface area (Å²) in [7, 11) is 0. The van der Waals surface area contributed by atoms with Crippen molar-refractivity contribution in [1.82, 2.24) is 19.5 Å². The van der Waals surface area contributed by atoms with Crippen LogP contribution >= 0.6 is 11.3 Å². The Morgan fingerprint density at radius 1 is 0.962 bits per heavy atom. The maximum Gasteiger partial charge on any atom is 0.272 e. The van der Waals surface area contributed by atoms with Crippen molar-refractivity contribution in [2.75, 3.05) is 31.1 Å².